The zero-order valence-corrected chi connectivity index (χ0v) is 19.7. The van der Waals surface area contributed by atoms with Crippen LogP contribution < -0.4 is 19.1 Å². The van der Waals surface area contributed by atoms with Gasteiger partial charge in [0.05, 0.1) is 31.5 Å². The second-order valence-corrected chi connectivity index (χ2v) is 8.45. The van der Waals surface area contributed by atoms with Gasteiger partial charge >= 0.3 is 0 Å². The van der Waals surface area contributed by atoms with Gasteiger partial charge in [-0.2, -0.15) is 0 Å². The summed E-state index contributed by atoms with van der Waals surface area (Å²) in [5, 5.41) is 0.682. The lowest BCUT2D eigenvalue weighted by Gasteiger charge is -2.22. The topological polar surface area (TPSA) is 64.1 Å². The molecular weight excluding hydrogens is 414 g/mol. The number of carbonyl (C=O) groups is 1. The summed E-state index contributed by atoms with van der Waals surface area (Å²) in [5.74, 6) is 1.18. The van der Waals surface area contributed by atoms with E-state index in [1.807, 2.05) is 39.2 Å². The third-order valence-electron chi connectivity index (χ3n) is 4.98. The molecule has 0 fully saturated rings. The van der Waals surface area contributed by atoms with Crippen molar-refractivity contribution >= 4 is 32.6 Å². The zero-order valence-electron chi connectivity index (χ0n) is 18.9. The molecule has 3 aromatic rings. The Kier molecular flexibility index (Phi) is 7.35. The maximum Gasteiger partial charge on any atom is 0.260 e. The third-order valence-corrected chi connectivity index (χ3v) is 6.03. The first-order valence-electron chi connectivity index (χ1n) is 10.0. The number of methoxy groups -OCH3 is 3. The SMILES string of the molecule is COc1cc(C(=O)N(CCCN(C)C)c2nc3c(C)cccc3s2)cc(OC)c1OC. The summed E-state index contributed by atoms with van der Waals surface area (Å²) in [5.41, 5.74) is 2.47. The van der Waals surface area contributed by atoms with Gasteiger partial charge in [-0.3, -0.25) is 9.69 Å². The van der Waals surface area contributed by atoms with Crippen molar-refractivity contribution in [2.45, 2.75) is 13.3 Å². The summed E-state index contributed by atoms with van der Waals surface area (Å²) in [7, 11) is 8.66. The van der Waals surface area contributed by atoms with E-state index in [2.05, 4.69) is 4.90 Å². The molecule has 0 radical (unpaired) electrons. The predicted molar refractivity (Wildman–Crippen MR) is 125 cm³/mol. The van der Waals surface area contributed by atoms with Crippen molar-refractivity contribution in [2.24, 2.45) is 0 Å². The number of carbonyl (C=O) groups excluding carboxylic acids is 1. The molecule has 3 rings (SSSR count). The molecule has 0 saturated heterocycles. The van der Waals surface area contributed by atoms with E-state index in [9.17, 15) is 4.79 Å². The van der Waals surface area contributed by atoms with Crippen molar-refractivity contribution in [3.63, 3.8) is 0 Å². The molecule has 7 nitrogen and oxygen atoms in total. The number of benzene rings is 2. The molecule has 0 saturated carbocycles. The fourth-order valence-corrected chi connectivity index (χ4v) is 4.45. The standard InChI is InChI=1S/C23H29N3O4S/c1-15-9-7-10-19-20(15)24-23(31-19)26(12-8-11-25(2)3)22(27)16-13-17(28-4)21(30-6)18(14-16)29-5/h7,9-10,13-14H,8,11-12H2,1-6H3. The van der Waals surface area contributed by atoms with Gasteiger partial charge in [0.25, 0.3) is 5.91 Å². The molecule has 31 heavy (non-hydrogen) atoms. The second-order valence-electron chi connectivity index (χ2n) is 7.45. The van der Waals surface area contributed by atoms with E-state index in [0.717, 1.165) is 28.7 Å². The first-order valence-corrected chi connectivity index (χ1v) is 10.8. The summed E-state index contributed by atoms with van der Waals surface area (Å²) in [4.78, 5) is 22.3. The second kappa shape index (κ2) is 9.98. The van der Waals surface area contributed by atoms with Crippen molar-refractivity contribution in [1.82, 2.24) is 9.88 Å². The van der Waals surface area contributed by atoms with E-state index >= 15 is 0 Å². The summed E-state index contributed by atoms with van der Waals surface area (Å²) in [6.07, 6.45) is 0.818. The monoisotopic (exact) mass is 443 g/mol. The van der Waals surface area contributed by atoms with Crippen LogP contribution in [-0.2, 0) is 0 Å². The molecule has 1 amide bonds. The minimum Gasteiger partial charge on any atom is -0.493 e. The highest BCUT2D eigenvalue weighted by Crippen LogP contribution is 2.39. The molecule has 0 unspecified atom stereocenters. The summed E-state index contributed by atoms with van der Waals surface area (Å²) in [6.45, 7) is 3.44. The Morgan fingerprint density at radius 2 is 1.71 bits per heavy atom. The average molecular weight is 444 g/mol. The number of amides is 1. The number of para-hydroxylation sites is 1. The van der Waals surface area contributed by atoms with E-state index in [-0.39, 0.29) is 5.91 Å². The van der Waals surface area contributed by atoms with Crippen LogP contribution in [-0.4, -0.2) is 64.3 Å². The largest absolute Gasteiger partial charge is 0.493 e. The van der Waals surface area contributed by atoms with Crippen LogP contribution in [0, 0.1) is 6.92 Å². The molecule has 1 heterocycles. The lowest BCUT2D eigenvalue weighted by molar-refractivity contribution is 0.0985. The van der Waals surface area contributed by atoms with Gasteiger partial charge in [-0.25, -0.2) is 4.98 Å². The molecule has 0 bridgehead atoms. The maximum atomic E-state index is 13.6. The molecule has 0 aliphatic heterocycles. The predicted octanol–water partition coefficient (Wildman–Crippen LogP) is 4.23. The van der Waals surface area contributed by atoms with Crippen molar-refractivity contribution in [1.29, 1.82) is 0 Å². The van der Waals surface area contributed by atoms with Crippen molar-refractivity contribution in [3.05, 3.63) is 41.5 Å². The van der Waals surface area contributed by atoms with E-state index < -0.39 is 0 Å². The minimum atomic E-state index is -0.158. The molecule has 0 spiro atoms. The number of aryl methyl sites for hydroxylation is 1. The summed E-state index contributed by atoms with van der Waals surface area (Å²) in [6, 6.07) is 9.44. The Bertz CT molecular complexity index is 1040. The Labute approximate surface area is 187 Å². The maximum absolute atomic E-state index is 13.6. The van der Waals surface area contributed by atoms with Crippen LogP contribution in [0.5, 0.6) is 17.2 Å². The normalized spacial score (nSPS) is 11.1. The number of hydrogen-bond donors (Lipinski definition) is 0. The lowest BCUT2D eigenvalue weighted by Crippen LogP contribution is -2.33. The number of thiazole rings is 1. The molecule has 1 aromatic heterocycles. The number of ether oxygens (including phenoxy) is 3. The highest BCUT2D eigenvalue weighted by atomic mass is 32.1. The van der Waals surface area contributed by atoms with Crippen molar-refractivity contribution in [3.8, 4) is 17.2 Å². The van der Waals surface area contributed by atoms with E-state index in [1.54, 1.807) is 24.1 Å². The van der Waals surface area contributed by atoms with Gasteiger partial charge in [0.15, 0.2) is 16.6 Å². The smallest absolute Gasteiger partial charge is 0.260 e. The minimum absolute atomic E-state index is 0.158. The zero-order chi connectivity index (χ0) is 22.5. The van der Waals surface area contributed by atoms with Crippen LogP contribution in [0.3, 0.4) is 0 Å². The summed E-state index contributed by atoms with van der Waals surface area (Å²) >= 11 is 1.52. The van der Waals surface area contributed by atoms with E-state index in [4.69, 9.17) is 19.2 Å². The fraction of sp³-hybridized carbons (Fsp3) is 0.391. The highest BCUT2D eigenvalue weighted by Gasteiger charge is 2.24. The molecule has 2 aromatic carbocycles. The van der Waals surface area contributed by atoms with Gasteiger partial charge in [-0.1, -0.05) is 23.5 Å². The van der Waals surface area contributed by atoms with Gasteiger partial charge in [0.2, 0.25) is 5.75 Å². The van der Waals surface area contributed by atoms with Gasteiger partial charge < -0.3 is 19.1 Å². The summed E-state index contributed by atoms with van der Waals surface area (Å²) < 4.78 is 17.3. The van der Waals surface area contributed by atoms with Crippen LogP contribution in [0.1, 0.15) is 22.3 Å². The van der Waals surface area contributed by atoms with Gasteiger partial charge in [-0.05, 0) is 57.7 Å². The number of nitrogens with zero attached hydrogens (tertiary/aromatic N) is 3. The Morgan fingerprint density at radius 1 is 1.03 bits per heavy atom. The molecule has 0 N–H and O–H groups in total. The lowest BCUT2D eigenvalue weighted by atomic mass is 10.1. The molecular formula is C23H29N3O4S. The number of rotatable bonds is 9. The van der Waals surface area contributed by atoms with Crippen LogP contribution in [0.2, 0.25) is 0 Å². The first-order chi connectivity index (χ1) is 14.9. The van der Waals surface area contributed by atoms with E-state index in [1.165, 1.54) is 25.6 Å². The number of fused-ring (bicyclic) bond motifs is 1. The number of anilines is 1. The number of hydrogen-bond acceptors (Lipinski definition) is 7. The van der Waals surface area contributed by atoms with E-state index in [0.29, 0.717) is 34.5 Å². The fourth-order valence-electron chi connectivity index (χ4n) is 3.38. The van der Waals surface area contributed by atoms with Crippen LogP contribution in [0.4, 0.5) is 5.13 Å². The molecule has 0 atom stereocenters. The number of aromatic nitrogens is 1. The van der Waals surface area contributed by atoms with Crippen LogP contribution in [0.25, 0.3) is 10.2 Å². The third kappa shape index (κ3) is 4.91. The van der Waals surface area contributed by atoms with Crippen LogP contribution >= 0.6 is 11.3 Å². The van der Waals surface area contributed by atoms with Crippen LogP contribution in [0.15, 0.2) is 30.3 Å². The first kappa shape index (κ1) is 22.8. The average Bonchev–Trinajstić information content (AvgIpc) is 3.20. The molecule has 166 valence electrons. The quantitative estimate of drug-likeness (QED) is 0.493. The van der Waals surface area contributed by atoms with Crippen molar-refractivity contribution in [2.75, 3.05) is 53.4 Å². The Hall–Kier alpha value is -2.84. The van der Waals surface area contributed by atoms with Gasteiger partial charge in [-0.15, -0.1) is 0 Å². The Balaban J connectivity index is 2.04. The highest BCUT2D eigenvalue weighted by molar-refractivity contribution is 7.22. The Morgan fingerprint density at radius 3 is 2.26 bits per heavy atom. The molecule has 0 aliphatic carbocycles. The molecule has 8 heteroatoms. The van der Waals surface area contributed by atoms with Crippen molar-refractivity contribution < 1.29 is 19.0 Å². The molecule has 0 aliphatic rings. The van der Waals surface area contributed by atoms with Gasteiger partial charge in [0, 0.05) is 12.1 Å². The van der Waals surface area contributed by atoms with Gasteiger partial charge in [0.1, 0.15) is 0 Å².